The van der Waals surface area contributed by atoms with Crippen molar-refractivity contribution >= 4 is 34.2 Å². The lowest BCUT2D eigenvalue weighted by molar-refractivity contribution is -0.387. The molecule has 0 spiro atoms. The van der Waals surface area contributed by atoms with Crippen LogP contribution >= 0.6 is 22.6 Å². The van der Waals surface area contributed by atoms with E-state index in [0.29, 0.717) is 0 Å². The van der Waals surface area contributed by atoms with Crippen molar-refractivity contribution < 1.29 is 23.2 Å². The van der Waals surface area contributed by atoms with Gasteiger partial charge in [0, 0.05) is 6.20 Å². The van der Waals surface area contributed by atoms with Gasteiger partial charge in [-0.25, -0.2) is 18.6 Å². The van der Waals surface area contributed by atoms with Gasteiger partial charge in [-0.05, 0) is 29.5 Å². The van der Waals surface area contributed by atoms with Crippen LogP contribution in [0.4, 0.5) is 14.5 Å². The molecule has 0 atom stereocenters. The molecule has 1 rings (SSSR count). The Kier molecular flexibility index (Phi) is 4.87. The third-order valence-corrected chi connectivity index (χ3v) is 2.73. The van der Waals surface area contributed by atoms with Crippen LogP contribution in [0, 0.1) is 13.8 Å². The highest BCUT2D eigenvalue weighted by Gasteiger charge is 2.32. The van der Waals surface area contributed by atoms with Crippen molar-refractivity contribution in [1.82, 2.24) is 4.98 Å². The largest absolute Gasteiger partial charge is 0.462 e. The van der Waals surface area contributed by atoms with Gasteiger partial charge in [-0.2, -0.15) is 0 Å². The van der Waals surface area contributed by atoms with Crippen LogP contribution in [0.1, 0.15) is 29.3 Å². The van der Waals surface area contributed by atoms with Gasteiger partial charge in [0.15, 0.2) is 3.70 Å². The quantitative estimate of drug-likeness (QED) is 0.267. The first-order valence-corrected chi connectivity index (χ1v) is 5.76. The molecule has 0 unspecified atom stereocenters. The molecule has 0 saturated carbocycles. The number of aromatic nitrogens is 1. The Balaban J connectivity index is 3.49. The number of halogens is 3. The van der Waals surface area contributed by atoms with Crippen LogP contribution in [-0.4, -0.2) is 22.5 Å². The van der Waals surface area contributed by atoms with Gasteiger partial charge in [-0.1, -0.05) is 0 Å². The van der Waals surface area contributed by atoms with Gasteiger partial charge in [-0.3, -0.25) is 10.1 Å². The van der Waals surface area contributed by atoms with Crippen LogP contribution in [0.5, 0.6) is 0 Å². The monoisotopic (exact) mass is 372 g/mol. The van der Waals surface area contributed by atoms with Crippen molar-refractivity contribution in [2.75, 3.05) is 6.61 Å². The van der Waals surface area contributed by atoms with Crippen molar-refractivity contribution in [3.63, 3.8) is 0 Å². The van der Waals surface area contributed by atoms with E-state index in [1.807, 2.05) is 0 Å². The number of nitro groups is 1. The van der Waals surface area contributed by atoms with Crippen LogP contribution in [0.25, 0.3) is 0 Å². The van der Waals surface area contributed by atoms with E-state index in [1.165, 1.54) is 29.5 Å². The Morgan fingerprint density at radius 2 is 2.28 bits per heavy atom. The molecule has 0 N–H and O–H groups in total. The summed E-state index contributed by atoms with van der Waals surface area (Å²) in [5.41, 5.74) is -2.41. The number of hydrogen-bond donors (Lipinski definition) is 0. The maximum atomic E-state index is 12.9. The number of pyridine rings is 1. The highest BCUT2D eigenvalue weighted by atomic mass is 127. The van der Waals surface area contributed by atoms with Gasteiger partial charge < -0.3 is 4.74 Å². The van der Waals surface area contributed by atoms with Crippen LogP contribution < -0.4 is 0 Å². The molecule has 0 radical (unpaired) electrons. The maximum Gasteiger partial charge on any atom is 0.340 e. The highest BCUT2D eigenvalue weighted by molar-refractivity contribution is 14.1. The van der Waals surface area contributed by atoms with E-state index in [1.54, 1.807) is 0 Å². The Labute approximate surface area is 114 Å². The van der Waals surface area contributed by atoms with Crippen LogP contribution in [0.3, 0.4) is 0 Å². The summed E-state index contributed by atoms with van der Waals surface area (Å²) in [4.78, 5) is 24.8. The van der Waals surface area contributed by atoms with Gasteiger partial charge in [0.2, 0.25) is 0 Å². The SMILES string of the molecule is CCOC(=O)c1cnc(I)c([N+](=O)[O-])c1C(F)F. The summed E-state index contributed by atoms with van der Waals surface area (Å²) in [5.74, 6) is -1.06. The Morgan fingerprint density at radius 1 is 1.67 bits per heavy atom. The third kappa shape index (κ3) is 2.89. The fourth-order valence-electron chi connectivity index (χ4n) is 1.26. The lowest BCUT2D eigenvalue weighted by atomic mass is 10.1. The molecule has 0 aliphatic carbocycles. The molecule has 0 bridgehead atoms. The zero-order valence-electron chi connectivity index (χ0n) is 9.02. The second kappa shape index (κ2) is 5.98. The van der Waals surface area contributed by atoms with Gasteiger partial charge in [0.1, 0.15) is 5.56 Å². The van der Waals surface area contributed by atoms with E-state index < -0.39 is 34.1 Å². The molecule has 98 valence electrons. The molecule has 18 heavy (non-hydrogen) atoms. The second-order valence-corrected chi connectivity index (χ2v) is 4.03. The van der Waals surface area contributed by atoms with Gasteiger partial charge >= 0.3 is 11.7 Å². The number of carbonyl (C=O) groups excluding carboxylic acids is 1. The van der Waals surface area contributed by atoms with Gasteiger partial charge in [-0.15, -0.1) is 0 Å². The Morgan fingerprint density at radius 3 is 2.72 bits per heavy atom. The van der Waals surface area contributed by atoms with Crippen LogP contribution in [-0.2, 0) is 4.74 Å². The summed E-state index contributed by atoms with van der Waals surface area (Å²) in [7, 11) is 0. The minimum atomic E-state index is -3.17. The summed E-state index contributed by atoms with van der Waals surface area (Å²) in [6, 6.07) is 0. The molecular weight excluding hydrogens is 365 g/mol. The first kappa shape index (κ1) is 14.7. The van der Waals surface area contributed by atoms with Crippen molar-refractivity contribution in [2.24, 2.45) is 0 Å². The smallest absolute Gasteiger partial charge is 0.340 e. The van der Waals surface area contributed by atoms with E-state index in [-0.39, 0.29) is 10.3 Å². The lowest BCUT2D eigenvalue weighted by Crippen LogP contribution is -2.12. The van der Waals surface area contributed by atoms with E-state index in [4.69, 9.17) is 0 Å². The van der Waals surface area contributed by atoms with E-state index >= 15 is 0 Å². The number of esters is 1. The number of ether oxygens (including phenoxy) is 1. The maximum absolute atomic E-state index is 12.9. The number of rotatable bonds is 4. The first-order chi connectivity index (χ1) is 8.40. The molecule has 0 aliphatic heterocycles. The fourth-order valence-corrected chi connectivity index (χ4v) is 1.88. The zero-order chi connectivity index (χ0) is 13.9. The molecule has 0 aliphatic rings. The molecule has 0 amide bonds. The number of nitrogens with zero attached hydrogens (tertiary/aromatic N) is 2. The van der Waals surface area contributed by atoms with E-state index in [9.17, 15) is 23.7 Å². The highest BCUT2D eigenvalue weighted by Crippen LogP contribution is 2.34. The third-order valence-electron chi connectivity index (χ3n) is 1.94. The minimum absolute atomic E-state index is 0.0265. The molecule has 1 heterocycles. The molecule has 9 heteroatoms. The number of alkyl halides is 2. The van der Waals surface area contributed by atoms with Crippen molar-refractivity contribution in [1.29, 1.82) is 0 Å². The minimum Gasteiger partial charge on any atom is -0.462 e. The molecule has 1 aromatic rings. The van der Waals surface area contributed by atoms with Crippen LogP contribution in [0.15, 0.2) is 6.20 Å². The topological polar surface area (TPSA) is 82.3 Å². The lowest BCUT2D eigenvalue weighted by Gasteiger charge is -2.08. The Bertz CT molecular complexity index is 496. The predicted molar refractivity (Wildman–Crippen MR) is 64.5 cm³/mol. The van der Waals surface area contributed by atoms with Crippen molar-refractivity contribution in [3.8, 4) is 0 Å². The average Bonchev–Trinajstić information content (AvgIpc) is 2.27. The summed E-state index contributed by atoms with van der Waals surface area (Å²) in [6.45, 7) is 1.47. The Hall–Kier alpha value is -1.39. The summed E-state index contributed by atoms with van der Waals surface area (Å²) < 4.78 is 30.1. The summed E-state index contributed by atoms with van der Waals surface area (Å²) in [5, 5.41) is 10.8. The molecular formula is C9H7F2IN2O4. The van der Waals surface area contributed by atoms with E-state index in [0.717, 1.165) is 6.20 Å². The van der Waals surface area contributed by atoms with Gasteiger partial charge in [0.25, 0.3) is 6.43 Å². The molecule has 0 aromatic carbocycles. The predicted octanol–water partition coefficient (Wildman–Crippen LogP) is 2.71. The standard InChI is InChI=1S/C9H7F2IN2O4/c1-2-18-9(15)4-3-13-8(12)6(14(16)17)5(4)7(10)11/h3,7H,2H2,1H3. The van der Waals surface area contributed by atoms with Crippen molar-refractivity contribution in [2.45, 2.75) is 13.3 Å². The fraction of sp³-hybridized carbons (Fsp3) is 0.333. The molecule has 0 saturated heterocycles. The summed E-state index contributed by atoms with van der Waals surface area (Å²) >= 11 is 1.46. The average molecular weight is 372 g/mol. The molecule has 1 aromatic heterocycles. The number of hydrogen-bond acceptors (Lipinski definition) is 5. The van der Waals surface area contributed by atoms with Gasteiger partial charge in [0.05, 0.1) is 17.1 Å². The second-order valence-electron chi connectivity index (χ2n) is 3.00. The van der Waals surface area contributed by atoms with Crippen LogP contribution in [0.2, 0.25) is 0 Å². The van der Waals surface area contributed by atoms with E-state index in [2.05, 4.69) is 9.72 Å². The molecule has 0 fully saturated rings. The first-order valence-electron chi connectivity index (χ1n) is 4.68. The zero-order valence-corrected chi connectivity index (χ0v) is 11.2. The molecule has 6 nitrogen and oxygen atoms in total. The van der Waals surface area contributed by atoms with Crippen molar-refractivity contribution in [3.05, 3.63) is 31.1 Å². The normalized spacial score (nSPS) is 10.5. The number of carbonyl (C=O) groups is 1. The summed E-state index contributed by atoms with van der Waals surface area (Å²) in [6.07, 6.45) is -2.31.